The molecule has 19 heavy (non-hydrogen) atoms. The highest BCUT2D eigenvalue weighted by molar-refractivity contribution is 6.30. The van der Waals surface area contributed by atoms with Crippen LogP contribution in [0.15, 0.2) is 48.8 Å². The van der Waals surface area contributed by atoms with Crippen molar-refractivity contribution in [1.29, 1.82) is 0 Å². The van der Waals surface area contributed by atoms with Crippen LogP contribution in [0.4, 0.5) is 0 Å². The van der Waals surface area contributed by atoms with Gasteiger partial charge in [0.15, 0.2) is 12.4 Å². The van der Waals surface area contributed by atoms with E-state index in [-0.39, 0.29) is 0 Å². The molecule has 0 aliphatic rings. The monoisotopic (exact) mass is 274 g/mol. The van der Waals surface area contributed by atoms with Crippen molar-refractivity contribution in [1.82, 2.24) is 0 Å². The molecule has 2 rings (SSSR count). The fourth-order valence-electron chi connectivity index (χ4n) is 2.12. The lowest BCUT2D eigenvalue weighted by molar-refractivity contribution is -0.697. The van der Waals surface area contributed by atoms with Gasteiger partial charge in [-0.3, -0.25) is 0 Å². The minimum Gasteiger partial charge on any atom is -0.205 e. The van der Waals surface area contributed by atoms with Gasteiger partial charge in [0.25, 0.3) is 0 Å². The Labute approximate surface area is 120 Å². The third-order valence-corrected chi connectivity index (χ3v) is 3.52. The SMILES string of the molecule is CC(C)CCC[n+]1ccc(-c2ccc(Cl)cc2)cc1. The van der Waals surface area contributed by atoms with E-state index in [1.54, 1.807) is 0 Å². The lowest BCUT2D eigenvalue weighted by Gasteiger charge is -2.03. The molecule has 0 fully saturated rings. The third kappa shape index (κ3) is 4.36. The molecule has 1 heterocycles. The van der Waals surface area contributed by atoms with Crippen molar-refractivity contribution in [3.63, 3.8) is 0 Å². The molecule has 0 saturated carbocycles. The van der Waals surface area contributed by atoms with E-state index in [1.165, 1.54) is 24.0 Å². The summed E-state index contributed by atoms with van der Waals surface area (Å²) in [5.41, 5.74) is 2.44. The van der Waals surface area contributed by atoms with Crippen LogP contribution in [0, 0.1) is 5.92 Å². The van der Waals surface area contributed by atoms with E-state index in [1.807, 2.05) is 12.1 Å². The molecule has 0 N–H and O–H groups in total. The number of rotatable bonds is 5. The molecule has 0 bridgehead atoms. The molecule has 0 radical (unpaired) electrons. The minimum absolute atomic E-state index is 0.781. The lowest BCUT2D eigenvalue weighted by atomic mass is 10.1. The van der Waals surface area contributed by atoms with Crippen LogP contribution >= 0.6 is 11.6 Å². The van der Waals surface area contributed by atoms with Gasteiger partial charge in [-0.15, -0.1) is 0 Å². The summed E-state index contributed by atoms with van der Waals surface area (Å²) in [6.07, 6.45) is 6.84. The van der Waals surface area contributed by atoms with Crippen molar-refractivity contribution in [3.8, 4) is 11.1 Å². The first-order chi connectivity index (χ1) is 9.15. The molecule has 1 aromatic carbocycles. The van der Waals surface area contributed by atoms with Crippen molar-refractivity contribution >= 4 is 11.6 Å². The Balaban J connectivity index is 2.00. The number of aryl methyl sites for hydroxylation is 1. The van der Waals surface area contributed by atoms with Crippen molar-refractivity contribution in [2.24, 2.45) is 5.92 Å². The maximum Gasteiger partial charge on any atom is 0.169 e. The van der Waals surface area contributed by atoms with Crippen LogP contribution in [0.1, 0.15) is 26.7 Å². The first-order valence-electron chi connectivity index (χ1n) is 6.90. The second-order valence-electron chi connectivity index (χ2n) is 5.37. The fourth-order valence-corrected chi connectivity index (χ4v) is 2.25. The Morgan fingerprint density at radius 3 is 2.11 bits per heavy atom. The Bertz CT molecular complexity index is 500. The van der Waals surface area contributed by atoms with Gasteiger partial charge in [0, 0.05) is 23.6 Å². The summed E-state index contributed by atoms with van der Waals surface area (Å²) >= 11 is 5.90. The first kappa shape index (κ1) is 14.1. The van der Waals surface area contributed by atoms with Crippen molar-refractivity contribution < 1.29 is 4.57 Å². The average Bonchev–Trinajstić information content (AvgIpc) is 2.40. The molecule has 1 nitrogen and oxygen atoms in total. The molecule has 1 aromatic heterocycles. The van der Waals surface area contributed by atoms with Crippen LogP contribution in [0.2, 0.25) is 5.02 Å². The summed E-state index contributed by atoms with van der Waals surface area (Å²) in [6, 6.07) is 12.3. The molecular weight excluding hydrogens is 254 g/mol. The summed E-state index contributed by atoms with van der Waals surface area (Å²) in [4.78, 5) is 0. The summed E-state index contributed by atoms with van der Waals surface area (Å²) < 4.78 is 2.25. The van der Waals surface area contributed by atoms with Crippen LogP contribution in [-0.4, -0.2) is 0 Å². The zero-order chi connectivity index (χ0) is 13.7. The van der Waals surface area contributed by atoms with Gasteiger partial charge in [-0.25, -0.2) is 4.57 Å². The number of pyridine rings is 1. The second-order valence-corrected chi connectivity index (χ2v) is 5.80. The molecule has 100 valence electrons. The van der Waals surface area contributed by atoms with Crippen LogP contribution in [-0.2, 0) is 6.54 Å². The molecule has 0 aliphatic heterocycles. The summed E-state index contributed by atoms with van der Waals surface area (Å²) in [6.45, 7) is 5.64. The van der Waals surface area contributed by atoms with Crippen molar-refractivity contribution in [3.05, 3.63) is 53.8 Å². The van der Waals surface area contributed by atoms with E-state index in [0.717, 1.165) is 17.5 Å². The highest BCUT2D eigenvalue weighted by atomic mass is 35.5. The molecule has 2 aromatic rings. The fraction of sp³-hybridized carbons (Fsp3) is 0.353. The largest absolute Gasteiger partial charge is 0.205 e. The lowest BCUT2D eigenvalue weighted by Crippen LogP contribution is -2.32. The number of nitrogens with zero attached hydrogens (tertiary/aromatic N) is 1. The molecule has 0 spiro atoms. The smallest absolute Gasteiger partial charge is 0.169 e. The first-order valence-corrected chi connectivity index (χ1v) is 7.28. The summed E-state index contributed by atoms with van der Waals surface area (Å²) in [5, 5.41) is 0.781. The number of aromatic nitrogens is 1. The molecule has 0 saturated heterocycles. The average molecular weight is 275 g/mol. The third-order valence-electron chi connectivity index (χ3n) is 3.27. The van der Waals surface area contributed by atoms with E-state index in [0.29, 0.717) is 0 Å². The van der Waals surface area contributed by atoms with Gasteiger partial charge in [0.1, 0.15) is 6.54 Å². The van der Waals surface area contributed by atoms with Crippen LogP contribution in [0.25, 0.3) is 11.1 Å². The topological polar surface area (TPSA) is 3.88 Å². The number of hydrogen-bond acceptors (Lipinski definition) is 0. The van der Waals surface area contributed by atoms with Crippen LogP contribution < -0.4 is 4.57 Å². The van der Waals surface area contributed by atoms with Crippen molar-refractivity contribution in [2.45, 2.75) is 33.2 Å². The molecular formula is C17H21ClN+. The van der Waals surface area contributed by atoms with Gasteiger partial charge < -0.3 is 0 Å². The molecule has 0 unspecified atom stereocenters. The number of benzene rings is 1. The van der Waals surface area contributed by atoms with Crippen molar-refractivity contribution in [2.75, 3.05) is 0 Å². The van der Waals surface area contributed by atoms with Gasteiger partial charge in [0.05, 0.1) is 0 Å². The normalized spacial score (nSPS) is 10.9. The van der Waals surface area contributed by atoms with Gasteiger partial charge in [-0.1, -0.05) is 37.6 Å². The summed E-state index contributed by atoms with van der Waals surface area (Å²) in [7, 11) is 0. The Morgan fingerprint density at radius 2 is 1.53 bits per heavy atom. The van der Waals surface area contributed by atoms with Crippen LogP contribution in [0.3, 0.4) is 0 Å². The quantitative estimate of drug-likeness (QED) is 0.694. The molecule has 0 aliphatic carbocycles. The van der Waals surface area contributed by atoms with Gasteiger partial charge in [-0.2, -0.15) is 0 Å². The highest BCUT2D eigenvalue weighted by Gasteiger charge is 2.03. The van der Waals surface area contributed by atoms with Gasteiger partial charge >= 0.3 is 0 Å². The Morgan fingerprint density at radius 1 is 0.947 bits per heavy atom. The number of halogens is 1. The highest BCUT2D eigenvalue weighted by Crippen LogP contribution is 2.20. The van der Waals surface area contributed by atoms with Crippen LogP contribution in [0.5, 0.6) is 0 Å². The Hall–Kier alpha value is -1.34. The molecule has 0 amide bonds. The maximum atomic E-state index is 5.90. The minimum atomic E-state index is 0.781. The Kier molecular flexibility index (Phi) is 4.98. The number of hydrogen-bond donors (Lipinski definition) is 0. The van der Waals surface area contributed by atoms with E-state index in [2.05, 4.69) is 55.1 Å². The van der Waals surface area contributed by atoms with Gasteiger partial charge in [0.2, 0.25) is 0 Å². The summed E-state index contributed by atoms with van der Waals surface area (Å²) in [5.74, 6) is 0.786. The molecule has 2 heteroatoms. The molecule has 0 atom stereocenters. The zero-order valence-corrected chi connectivity index (χ0v) is 12.4. The van der Waals surface area contributed by atoms with Gasteiger partial charge in [-0.05, 0) is 35.6 Å². The second kappa shape index (κ2) is 6.72. The van der Waals surface area contributed by atoms with E-state index < -0.39 is 0 Å². The van der Waals surface area contributed by atoms with E-state index in [9.17, 15) is 0 Å². The van der Waals surface area contributed by atoms with E-state index in [4.69, 9.17) is 11.6 Å². The maximum absolute atomic E-state index is 5.90. The zero-order valence-electron chi connectivity index (χ0n) is 11.6. The standard InChI is InChI=1S/C17H21ClN/c1-14(2)4-3-11-19-12-9-16(10-13-19)15-5-7-17(18)8-6-15/h5-10,12-14H,3-4,11H2,1-2H3/q+1. The van der Waals surface area contributed by atoms with E-state index >= 15 is 0 Å². The predicted molar refractivity (Wildman–Crippen MR) is 81.2 cm³/mol. The predicted octanol–water partition coefficient (Wildman–Crippen LogP) is 4.73.